The van der Waals surface area contributed by atoms with Crippen molar-refractivity contribution in [3.8, 4) is 0 Å². The Hall–Kier alpha value is -1.92. The van der Waals surface area contributed by atoms with Crippen LogP contribution in [0.15, 0.2) is 24.3 Å². The van der Waals surface area contributed by atoms with Crippen LogP contribution >= 0.6 is 0 Å². The van der Waals surface area contributed by atoms with Gasteiger partial charge in [-0.25, -0.2) is 0 Å². The van der Waals surface area contributed by atoms with Crippen LogP contribution in [0.1, 0.15) is 5.56 Å². The third-order valence-corrected chi connectivity index (χ3v) is 2.65. The van der Waals surface area contributed by atoms with Crippen LogP contribution in [0.5, 0.6) is 0 Å². The lowest BCUT2D eigenvalue weighted by Gasteiger charge is -2.13. The van der Waals surface area contributed by atoms with Crippen LogP contribution in [0.4, 0.5) is 5.69 Å². The van der Waals surface area contributed by atoms with E-state index in [1.807, 2.05) is 24.3 Å². The number of rotatable bonds is 8. The van der Waals surface area contributed by atoms with Gasteiger partial charge in [0.25, 0.3) is 0 Å². The SMILES string of the molecule is CNCC(=O)Nc1ccc(CC(CN)NC=O)cc1. The van der Waals surface area contributed by atoms with Gasteiger partial charge in [0.1, 0.15) is 0 Å². The van der Waals surface area contributed by atoms with E-state index < -0.39 is 0 Å². The maximum atomic E-state index is 11.4. The summed E-state index contributed by atoms with van der Waals surface area (Å²) in [4.78, 5) is 21.7. The molecule has 1 unspecified atom stereocenters. The van der Waals surface area contributed by atoms with Crippen molar-refractivity contribution in [2.75, 3.05) is 25.5 Å². The number of anilines is 1. The maximum absolute atomic E-state index is 11.4. The number of carbonyl (C=O) groups excluding carboxylic acids is 2. The molecule has 1 aromatic carbocycles. The zero-order valence-corrected chi connectivity index (χ0v) is 11.0. The molecule has 6 nitrogen and oxygen atoms in total. The fraction of sp³-hybridized carbons (Fsp3) is 0.385. The number of carbonyl (C=O) groups is 2. The van der Waals surface area contributed by atoms with Gasteiger partial charge in [0.05, 0.1) is 6.54 Å². The molecular formula is C13H20N4O2. The van der Waals surface area contributed by atoms with Gasteiger partial charge in [-0.3, -0.25) is 9.59 Å². The number of nitrogens with one attached hydrogen (secondary N) is 3. The zero-order chi connectivity index (χ0) is 14.1. The number of hydrogen-bond acceptors (Lipinski definition) is 4. The second kappa shape index (κ2) is 8.23. The fourth-order valence-corrected chi connectivity index (χ4v) is 1.68. The Morgan fingerprint density at radius 3 is 2.58 bits per heavy atom. The largest absolute Gasteiger partial charge is 0.354 e. The Bertz CT molecular complexity index is 406. The lowest BCUT2D eigenvalue weighted by molar-refractivity contribution is -0.115. The molecule has 0 radical (unpaired) electrons. The lowest BCUT2D eigenvalue weighted by Crippen LogP contribution is -2.36. The van der Waals surface area contributed by atoms with E-state index in [0.29, 0.717) is 19.4 Å². The quantitative estimate of drug-likeness (QED) is 0.474. The topological polar surface area (TPSA) is 96.2 Å². The van der Waals surface area contributed by atoms with Crippen LogP contribution in [-0.4, -0.2) is 38.5 Å². The summed E-state index contributed by atoms with van der Waals surface area (Å²) in [5.74, 6) is -0.0855. The van der Waals surface area contributed by atoms with Gasteiger partial charge >= 0.3 is 0 Å². The number of nitrogens with two attached hydrogens (primary N) is 1. The van der Waals surface area contributed by atoms with Gasteiger partial charge in [-0.15, -0.1) is 0 Å². The molecule has 0 aliphatic rings. The minimum Gasteiger partial charge on any atom is -0.354 e. The molecule has 6 heteroatoms. The van der Waals surface area contributed by atoms with Gasteiger partial charge in [-0.05, 0) is 31.2 Å². The van der Waals surface area contributed by atoms with E-state index in [1.54, 1.807) is 7.05 Å². The number of hydrogen-bond donors (Lipinski definition) is 4. The molecule has 1 atom stereocenters. The molecule has 0 saturated carbocycles. The average molecular weight is 264 g/mol. The predicted molar refractivity (Wildman–Crippen MR) is 74.7 cm³/mol. The number of benzene rings is 1. The summed E-state index contributed by atoms with van der Waals surface area (Å²) in [5.41, 5.74) is 7.35. The highest BCUT2D eigenvalue weighted by Gasteiger charge is 2.06. The van der Waals surface area contributed by atoms with Crippen LogP contribution in [0, 0.1) is 0 Å². The normalized spacial score (nSPS) is 11.7. The van der Waals surface area contributed by atoms with Gasteiger partial charge in [0.15, 0.2) is 0 Å². The summed E-state index contributed by atoms with van der Waals surface area (Å²) < 4.78 is 0. The lowest BCUT2D eigenvalue weighted by atomic mass is 10.1. The van der Waals surface area contributed by atoms with Crippen molar-refractivity contribution in [2.24, 2.45) is 5.73 Å². The van der Waals surface area contributed by atoms with E-state index in [1.165, 1.54) is 0 Å². The molecule has 19 heavy (non-hydrogen) atoms. The van der Waals surface area contributed by atoms with Crippen molar-refractivity contribution in [2.45, 2.75) is 12.5 Å². The zero-order valence-electron chi connectivity index (χ0n) is 11.0. The molecule has 0 aromatic heterocycles. The molecule has 104 valence electrons. The standard InChI is InChI=1S/C13H20N4O2/c1-15-8-13(19)17-11-4-2-10(3-5-11)6-12(7-14)16-9-18/h2-5,9,12,15H,6-8,14H2,1H3,(H,16,18)(H,17,19). The molecule has 0 spiro atoms. The molecule has 1 rings (SSSR count). The van der Waals surface area contributed by atoms with Crippen LogP contribution in [0.3, 0.4) is 0 Å². The van der Waals surface area contributed by atoms with Crippen molar-refractivity contribution in [3.63, 3.8) is 0 Å². The van der Waals surface area contributed by atoms with Gasteiger partial charge in [0, 0.05) is 18.3 Å². The summed E-state index contributed by atoms with van der Waals surface area (Å²) in [5, 5.41) is 8.20. The van der Waals surface area contributed by atoms with E-state index in [4.69, 9.17) is 5.73 Å². The smallest absolute Gasteiger partial charge is 0.238 e. The highest BCUT2D eigenvalue weighted by molar-refractivity contribution is 5.92. The van der Waals surface area contributed by atoms with Gasteiger partial charge in [0.2, 0.25) is 12.3 Å². The van der Waals surface area contributed by atoms with E-state index >= 15 is 0 Å². The Labute approximate surface area is 112 Å². The molecule has 0 heterocycles. The van der Waals surface area contributed by atoms with E-state index in [2.05, 4.69) is 16.0 Å². The van der Waals surface area contributed by atoms with Crippen molar-refractivity contribution >= 4 is 18.0 Å². The third-order valence-electron chi connectivity index (χ3n) is 2.65. The minimum absolute atomic E-state index is 0.0674. The first-order valence-corrected chi connectivity index (χ1v) is 6.12. The van der Waals surface area contributed by atoms with E-state index in [9.17, 15) is 9.59 Å². The van der Waals surface area contributed by atoms with Crippen molar-refractivity contribution in [1.29, 1.82) is 0 Å². The first-order chi connectivity index (χ1) is 9.19. The molecule has 2 amide bonds. The molecule has 0 aliphatic carbocycles. The molecule has 0 saturated heterocycles. The Kier molecular flexibility index (Phi) is 6.56. The molecule has 1 aromatic rings. The first kappa shape index (κ1) is 15.1. The highest BCUT2D eigenvalue weighted by atomic mass is 16.2. The summed E-state index contributed by atoms with van der Waals surface area (Å²) in [6, 6.07) is 7.41. The fourth-order valence-electron chi connectivity index (χ4n) is 1.68. The summed E-state index contributed by atoms with van der Waals surface area (Å²) in [6.07, 6.45) is 1.32. The Morgan fingerprint density at radius 2 is 2.05 bits per heavy atom. The van der Waals surface area contributed by atoms with Crippen LogP contribution in [-0.2, 0) is 16.0 Å². The molecule has 5 N–H and O–H groups in total. The summed E-state index contributed by atoms with van der Waals surface area (Å²) in [6.45, 7) is 0.666. The number of likely N-dealkylation sites (N-methyl/N-ethyl adjacent to an activating group) is 1. The highest BCUT2D eigenvalue weighted by Crippen LogP contribution is 2.10. The van der Waals surface area contributed by atoms with Crippen molar-refractivity contribution < 1.29 is 9.59 Å². The maximum Gasteiger partial charge on any atom is 0.238 e. The first-order valence-electron chi connectivity index (χ1n) is 6.12. The summed E-state index contributed by atoms with van der Waals surface area (Å²) in [7, 11) is 1.72. The second-order valence-electron chi connectivity index (χ2n) is 4.20. The Balaban J connectivity index is 2.55. The van der Waals surface area contributed by atoms with Crippen molar-refractivity contribution in [1.82, 2.24) is 10.6 Å². The summed E-state index contributed by atoms with van der Waals surface area (Å²) >= 11 is 0. The molecule has 0 aliphatic heterocycles. The number of amides is 2. The second-order valence-corrected chi connectivity index (χ2v) is 4.20. The molecule has 0 bridgehead atoms. The van der Waals surface area contributed by atoms with E-state index in [-0.39, 0.29) is 18.5 Å². The van der Waals surface area contributed by atoms with Crippen LogP contribution < -0.4 is 21.7 Å². The van der Waals surface area contributed by atoms with Gasteiger partial charge < -0.3 is 21.7 Å². The predicted octanol–water partition coefficient (Wildman–Crippen LogP) is -0.540. The molecule has 0 fully saturated rings. The van der Waals surface area contributed by atoms with Crippen molar-refractivity contribution in [3.05, 3.63) is 29.8 Å². The monoisotopic (exact) mass is 264 g/mol. The third kappa shape index (κ3) is 5.50. The minimum atomic E-state index is -0.0855. The average Bonchev–Trinajstić information content (AvgIpc) is 2.40. The van der Waals surface area contributed by atoms with Gasteiger partial charge in [-0.1, -0.05) is 12.1 Å². The van der Waals surface area contributed by atoms with Gasteiger partial charge in [-0.2, -0.15) is 0 Å². The molecular weight excluding hydrogens is 244 g/mol. The van der Waals surface area contributed by atoms with Crippen LogP contribution in [0.2, 0.25) is 0 Å². The van der Waals surface area contributed by atoms with E-state index in [0.717, 1.165) is 11.3 Å². The Morgan fingerprint density at radius 1 is 1.37 bits per heavy atom. The van der Waals surface area contributed by atoms with Crippen LogP contribution in [0.25, 0.3) is 0 Å².